The van der Waals surface area contributed by atoms with E-state index < -0.39 is 0 Å². The topological polar surface area (TPSA) is 61.8 Å². The maximum atomic E-state index is 12.1. The average Bonchev–Trinajstić information content (AvgIpc) is 2.73. The summed E-state index contributed by atoms with van der Waals surface area (Å²) >= 11 is 0. The molecule has 1 aliphatic rings. The first kappa shape index (κ1) is 23.2. The molecule has 0 N–H and O–H groups in total. The van der Waals surface area contributed by atoms with Crippen molar-refractivity contribution >= 4 is 11.9 Å². The minimum Gasteiger partial charge on any atom is -0.497 e. The summed E-state index contributed by atoms with van der Waals surface area (Å²) in [6.45, 7) is 4.06. The van der Waals surface area contributed by atoms with Gasteiger partial charge >= 0.3 is 11.9 Å². The number of hydrogen-bond donors (Lipinski definition) is 0. The first-order valence-electron chi connectivity index (χ1n) is 11.0. The Kier molecular flexibility index (Phi) is 10.0. The molecule has 0 aliphatic heterocycles. The van der Waals surface area contributed by atoms with Crippen LogP contribution in [0.2, 0.25) is 0 Å². The number of carbonyl (C=O) groups excluding carboxylic acids is 2. The van der Waals surface area contributed by atoms with Crippen LogP contribution in [0.25, 0.3) is 0 Å². The molecule has 29 heavy (non-hydrogen) atoms. The quantitative estimate of drug-likeness (QED) is 0.357. The minimum atomic E-state index is -0.311. The van der Waals surface area contributed by atoms with Crippen molar-refractivity contribution < 1.29 is 23.8 Å². The molecule has 162 valence electrons. The van der Waals surface area contributed by atoms with Gasteiger partial charge in [0.25, 0.3) is 0 Å². The van der Waals surface area contributed by atoms with Crippen LogP contribution in [-0.4, -0.2) is 31.3 Å². The number of carbonyl (C=O) groups is 2. The van der Waals surface area contributed by atoms with Gasteiger partial charge < -0.3 is 14.2 Å². The van der Waals surface area contributed by atoms with Crippen LogP contribution in [0.15, 0.2) is 24.3 Å². The number of ether oxygens (including phenoxy) is 3. The Bertz CT molecular complexity index is 617. The lowest BCUT2D eigenvalue weighted by atomic mass is 9.83. The number of esters is 2. The van der Waals surface area contributed by atoms with Crippen LogP contribution in [0.4, 0.5) is 0 Å². The molecule has 2 rings (SSSR count). The highest BCUT2D eigenvalue weighted by Gasteiger charge is 2.25. The molecule has 1 unspecified atom stereocenters. The van der Waals surface area contributed by atoms with Gasteiger partial charge in [0.1, 0.15) is 11.9 Å². The lowest BCUT2D eigenvalue weighted by molar-refractivity contribution is -0.156. The summed E-state index contributed by atoms with van der Waals surface area (Å²) < 4.78 is 16.2. The average molecular weight is 405 g/mol. The number of hydrogen-bond acceptors (Lipinski definition) is 5. The van der Waals surface area contributed by atoms with E-state index in [1.54, 1.807) is 7.11 Å². The van der Waals surface area contributed by atoms with Crippen molar-refractivity contribution in [1.82, 2.24) is 0 Å². The van der Waals surface area contributed by atoms with Gasteiger partial charge in [0.15, 0.2) is 0 Å². The lowest BCUT2D eigenvalue weighted by Crippen LogP contribution is -2.24. The maximum Gasteiger partial charge on any atom is 0.306 e. The fraction of sp³-hybridized carbons (Fsp3) is 0.667. The first-order chi connectivity index (χ1) is 14.0. The van der Waals surface area contributed by atoms with Crippen molar-refractivity contribution in [3.05, 3.63) is 29.8 Å². The second-order valence-electron chi connectivity index (χ2n) is 8.03. The van der Waals surface area contributed by atoms with Crippen molar-refractivity contribution in [1.29, 1.82) is 0 Å². The highest BCUT2D eigenvalue weighted by atomic mass is 16.5. The van der Waals surface area contributed by atoms with Crippen molar-refractivity contribution in [2.75, 3.05) is 7.11 Å². The zero-order chi connectivity index (χ0) is 21.1. The smallest absolute Gasteiger partial charge is 0.306 e. The van der Waals surface area contributed by atoms with Gasteiger partial charge in [-0.1, -0.05) is 31.9 Å². The van der Waals surface area contributed by atoms with Crippen LogP contribution in [0.1, 0.15) is 89.5 Å². The Morgan fingerprint density at radius 1 is 1.00 bits per heavy atom. The Hall–Kier alpha value is -2.04. The van der Waals surface area contributed by atoms with Crippen LogP contribution >= 0.6 is 0 Å². The Labute approximate surface area is 175 Å². The molecule has 1 atom stereocenters. The van der Waals surface area contributed by atoms with E-state index in [-0.39, 0.29) is 37.0 Å². The maximum absolute atomic E-state index is 12.1. The van der Waals surface area contributed by atoms with Crippen LogP contribution in [0, 0.1) is 0 Å². The Balaban J connectivity index is 1.63. The molecule has 1 aliphatic carbocycles. The van der Waals surface area contributed by atoms with Crippen molar-refractivity contribution in [2.24, 2.45) is 0 Å². The van der Waals surface area contributed by atoms with E-state index in [0.29, 0.717) is 5.92 Å². The molecule has 1 fully saturated rings. The highest BCUT2D eigenvalue weighted by molar-refractivity contribution is 5.77. The fourth-order valence-corrected chi connectivity index (χ4v) is 3.86. The molecule has 5 heteroatoms. The van der Waals surface area contributed by atoms with Gasteiger partial charge in [-0.3, -0.25) is 9.59 Å². The molecule has 0 spiro atoms. The van der Waals surface area contributed by atoms with Gasteiger partial charge in [-0.15, -0.1) is 0 Å². The molecular formula is C24H36O5. The van der Waals surface area contributed by atoms with Gasteiger partial charge in [0.05, 0.1) is 26.1 Å². The van der Waals surface area contributed by atoms with E-state index in [2.05, 4.69) is 19.1 Å². The number of methoxy groups -OCH3 is 1. The van der Waals surface area contributed by atoms with Crippen LogP contribution in [0.5, 0.6) is 5.75 Å². The molecule has 1 aromatic rings. The molecule has 0 heterocycles. The van der Waals surface area contributed by atoms with Gasteiger partial charge in [-0.25, -0.2) is 0 Å². The minimum absolute atomic E-state index is 0.0408. The fourth-order valence-electron chi connectivity index (χ4n) is 3.86. The second kappa shape index (κ2) is 12.5. The molecular weight excluding hydrogens is 368 g/mol. The number of benzene rings is 1. The summed E-state index contributed by atoms with van der Waals surface area (Å²) in [4.78, 5) is 24.0. The van der Waals surface area contributed by atoms with Gasteiger partial charge in [0.2, 0.25) is 0 Å². The zero-order valence-corrected chi connectivity index (χ0v) is 18.2. The number of unbranched alkanes of at least 4 members (excludes halogenated alkanes) is 2. The molecule has 0 saturated heterocycles. The largest absolute Gasteiger partial charge is 0.497 e. The normalized spacial score (nSPS) is 20.0. The summed E-state index contributed by atoms with van der Waals surface area (Å²) in [5, 5.41) is 0. The second-order valence-corrected chi connectivity index (χ2v) is 8.03. The molecule has 5 nitrogen and oxygen atoms in total. The third-order valence-electron chi connectivity index (χ3n) is 5.64. The molecule has 0 bridgehead atoms. The summed E-state index contributed by atoms with van der Waals surface area (Å²) in [6.07, 6.45) is 8.03. The molecule has 1 aromatic carbocycles. The summed E-state index contributed by atoms with van der Waals surface area (Å²) in [5.74, 6) is 0.757. The standard InChI is InChI=1S/C24H36O5/c1-4-5-6-7-18(2)28-23(25)16-17-24(26)29-22-14-10-20(11-15-22)19-8-12-21(27-3)13-9-19/h8-9,12-13,18,20,22H,4-7,10-11,14-17H2,1-3H3. The summed E-state index contributed by atoms with van der Waals surface area (Å²) in [5.41, 5.74) is 1.31. The lowest BCUT2D eigenvalue weighted by Gasteiger charge is -2.28. The van der Waals surface area contributed by atoms with Crippen molar-refractivity contribution in [3.8, 4) is 5.75 Å². The third-order valence-corrected chi connectivity index (χ3v) is 5.64. The van der Waals surface area contributed by atoms with Gasteiger partial charge in [-0.05, 0) is 69.1 Å². The Morgan fingerprint density at radius 3 is 2.28 bits per heavy atom. The number of rotatable bonds is 11. The van der Waals surface area contributed by atoms with E-state index in [4.69, 9.17) is 14.2 Å². The molecule has 0 amide bonds. The van der Waals surface area contributed by atoms with E-state index in [1.165, 1.54) is 5.56 Å². The van der Waals surface area contributed by atoms with E-state index in [0.717, 1.165) is 57.1 Å². The van der Waals surface area contributed by atoms with E-state index >= 15 is 0 Å². The van der Waals surface area contributed by atoms with E-state index in [9.17, 15) is 9.59 Å². The van der Waals surface area contributed by atoms with E-state index in [1.807, 2.05) is 19.1 Å². The van der Waals surface area contributed by atoms with Gasteiger partial charge in [0, 0.05) is 0 Å². The zero-order valence-electron chi connectivity index (χ0n) is 18.2. The van der Waals surface area contributed by atoms with Crippen molar-refractivity contribution in [2.45, 2.75) is 96.2 Å². The SMILES string of the molecule is CCCCCC(C)OC(=O)CCC(=O)OC1CCC(c2ccc(OC)cc2)CC1. The molecule has 0 aromatic heterocycles. The van der Waals surface area contributed by atoms with Crippen LogP contribution in [-0.2, 0) is 19.1 Å². The van der Waals surface area contributed by atoms with Crippen LogP contribution in [0.3, 0.4) is 0 Å². The van der Waals surface area contributed by atoms with Crippen LogP contribution < -0.4 is 4.74 Å². The summed E-state index contributed by atoms with van der Waals surface area (Å²) in [6, 6.07) is 8.21. The van der Waals surface area contributed by atoms with Gasteiger partial charge in [-0.2, -0.15) is 0 Å². The predicted octanol–water partition coefficient (Wildman–Crippen LogP) is 5.56. The highest BCUT2D eigenvalue weighted by Crippen LogP contribution is 2.34. The third kappa shape index (κ3) is 8.46. The Morgan fingerprint density at radius 2 is 1.66 bits per heavy atom. The van der Waals surface area contributed by atoms with Crippen molar-refractivity contribution in [3.63, 3.8) is 0 Å². The first-order valence-corrected chi connectivity index (χ1v) is 11.0. The molecule has 0 radical (unpaired) electrons. The summed E-state index contributed by atoms with van der Waals surface area (Å²) in [7, 11) is 1.67. The predicted molar refractivity (Wildman–Crippen MR) is 113 cm³/mol. The monoisotopic (exact) mass is 404 g/mol. The molecule has 1 saturated carbocycles.